The molecule has 2 N–H and O–H groups in total. The number of hydrogen-bond acceptors (Lipinski definition) is 4. The van der Waals surface area contributed by atoms with Crippen molar-refractivity contribution in [3.63, 3.8) is 0 Å². The van der Waals surface area contributed by atoms with Crippen molar-refractivity contribution in [2.24, 2.45) is 0 Å². The fourth-order valence-electron chi connectivity index (χ4n) is 3.67. The van der Waals surface area contributed by atoms with Crippen LogP contribution < -0.4 is 5.32 Å². The van der Waals surface area contributed by atoms with Crippen molar-refractivity contribution in [3.8, 4) is 0 Å². The lowest BCUT2D eigenvalue weighted by molar-refractivity contribution is -0.138. The van der Waals surface area contributed by atoms with E-state index in [9.17, 15) is 9.59 Å². The molecule has 2 amide bonds. The van der Waals surface area contributed by atoms with Crippen LogP contribution in [0.25, 0.3) is 0 Å². The number of morpholine rings is 1. The van der Waals surface area contributed by atoms with Gasteiger partial charge in [-0.2, -0.15) is 0 Å². The SMILES string of the molecule is Cc1cc(C)c(CCNC(=O)N2CCOC(CN(C)CC(=O)O)C2)c(C)c1. The third-order valence-corrected chi connectivity index (χ3v) is 4.84. The van der Waals surface area contributed by atoms with Crippen LogP contribution in [-0.4, -0.2) is 79.4 Å². The number of carboxylic acids is 1. The quantitative estimate of drug-likeness (QED) is 0.754. The molecule has 1 aromatic rings. The zero-order chi connectivity index (χ0) is 20.0. The molecule has 0 radical (unpaired) electrons. The minimum atomic E-state index is -0.871. The molecule has 1 fully saturated rings. The standard InChI is InChI=1S/C20H31N3O4/c1-14-9-15(2)18(16(3)10-14)5-6-21-20(26)23-7-8-27-17(12-23)11-22(4)13-19(24)25/h9-10,17H,5-8,11-13H2,1-4H3,(H,21,26)(H,24,25). The van der Waals surface area contributed by atoms with Crippen molar-refractivity contribution < 1.29 is 19.4 Å². The molecular weight excluding hydrogens is 346 g/mol. The maximum absolute atomic E-state index is 12.5. The van der Waals surface area contributed by atoms with Crippen LogP contribution in [0.2, 0.25) is 0 Å². The topological polar surface area (TPSA) is 82.1 Å². The van der Waals surface area contributed by atoms with E-state index in [0.29, 0.717) is 32.8 Å². The summed E-state index contributed by atoms with van der Waals surface area (Å²) in [6.45, 7) is 8.83. The average molecular weight is 377 g/mol. The molecule has 2 rings (SSSR count). The second-order valence-corrected chi connectivity index (χ2v) is 7.39. The average Bonchev–Trinajstić information content (AvgIpc) is 2.56. The van der Waals surface area contributed by atoms with Gasteiger partial charge in [-0.1, -0.05) is 17.7 Å². The lowest BCUT2D eigenvalue weighted by atomic mass is 9.97. The van der Waals surface area contributed by atoms with E-state index in [2.05, 4.69) is 38.2 Å². The Morgan fingerprint density at radius 1 is 1.30 bits per heavy atom. The van der Waals surface area contributed by atoms with Gasteiger partial charge in [0.2, 0.25) is 0 Å². The van der Waals surface area contributed by atoms with Crippen LogP contribution in [0.3, 0.4) is 0 Å². The van der Waals surface area contributed by atoms with Gasteiger partial charge in [-0.05, 0) is 50.9 Å². The normalized spacial score (nSPS) is 17.2. The van der Waals surface area contributed by atoms with Gasteiger partial charge in [-0.3, -0.25) is 9.69 Å². The second-order valence-electron chi connectivity index (χ2n) is 7.39. The molecule has 0 spiro atoms. The van der Waals surface area contributed by atoms with E-state index in [1.54, 1.807) is 16.8 Å². The number of nitrogens with zero attached hydrogens (tertiary/aromatic N) is 2. The Kier molecular flexibility index (Phi) is 7.62. The van der Waals surface area contributed by atoms with Gasteiger partial charge in [-0.15, -0.1) is 0 Å². The van der Waals surface area contributed by atoms with Gasteiger partial charge < -0.3 is 20.1 Å². The maximum atomic E-state index is 12.5. The number of amides is 2. The number of benzene rings is 1. The first-order valence-corrected chi connectivity index (χ1v) is 9.37. The number of likely N-dealkylation sites (N-methyl/N-ethyl adjacent to an activating group) is 1. The Labute approximate surface area is 161 Å². The minimum Gasteiger partial charge on any atom is -0.480 e. The summed E-state index contributed by atoms with van der Waals surface area (Å²) >= 11 is 0. The molecule has 1 heterocycles. The number of rotatable bonds is 7. The summed E-state index contributed by atoms with van der Waals surface area (Å²) in [5, 5.41) is 11.8. The lowest BCUT2D eigenvalue weighted by Gasteiger charge is -2.34. The number of ether oxygens (including phenoxy) is 1. The molecule has 1 aliphatic rings. The Morgan fingerprint density at radius 2 is 1.96 bits per heavy atom. The Hall–Kier alpha value is -2.12. The van der Waals surface area contributed by atoms with Gasteiger partial charge >= 0.3 is 12.0 Å². The van der Waals surface area contributed by atoms with Gasteiger partial charge in [0, 0.05) is 26.2 Å². The van der Waals surface area contributed by atoms with E-state index in [1.807, 2.05) is 0 Å². The molecule has 0 aliphatic carbocycles. The van der Waals surface area contributed by atoms with E-state index in [1.165, 1.54) is 22.3 Å². The first kappa shape index (κ1) is 21.2. The molecule has 0 bridgehead atoms. The van der Waals surface area contributed by atoms with Crippen molar-refractivity contribution in [1.82, 2.24) is 15.1 Å². The van der Waals surface area contributed by atoms with Gasteiger partial charge in [0.25, 0.3) is 0 Å². The summed E-state index contributed by atoms with van der Waals surface area (Å²) in [6, 6.07) is 4.25. The van der Waals surface area contributed by atoms with Gasteiger partial charge in [0.15, 0.2) is 0 Å². The van der Waals surface area contributed by atoms with E-state index < -0.39 is 5.97 Å². The first-order chi connectivity index (χ1) is 12.8. The number of carbonyl (C=O) groups excluding carboxylic acids is 1. The molecule has 1 unspecified atom stereocenters. The van der Waals surface area contributed by atoms with Crippen LogP contribution in [0.15, 0.2) is 12.1 Å². The fraction of sp³-hybridized carbons (Fsp3) is 0.600. The fourth-order valence-corrected chi connectivity index (χ4v) is 3.67. The predicted molar refractivity (Wildman–Crippen MR) is 104 cm³/mol. The Morgan fingerprint density at radius 3 is 2.59 bits per heavy atom. The zero-order valence-electron chi connectivity index (χ0n) is 16.7. The number of urea groups is 1. The van der Waals surface area contributed by atoms with E-state index in [-0.39, 0.29) is 18.7 Å². The molecule has 7 heteroatoms. The molecular formula is C20H31N3O4. The Bertz CT molecular complexity index is 654. The van der Waals surface area contributed by atoms with E-state index in [0.717, 1.165) is 6.42 Å². The maximum Gasteiger partial charge on any atom is 0.317 e. The third-order valence-electron chi connectivity index (χ3n) is 4.84. The third kappa shape index (κ3) is 6.52. The number of hydrogen-bond donors (Lipinski definition) is 2. The smallest absolute Gasteiger partial charge is 0.317 e. The minimum absolute atomic E-state index is 0.0404. The molecule has 1 aliphatic heterocycles. The summed E-state index contributed by atoms with van der Waals surface area (Å²) in [5.41, 5.74) is 5.06. The highest BCUT2D eigenvalue weighted by Gasteiger charge is 2.25. The lowest BCUT2D eigenvalue weighted by Crippen LogP contribution is -2.52. The van der Waals surface area contributed by atoms with Crippen LogP contribution in [0.5, 0.6) is 0 Å². The summed E-state index contributed by atoms with van der Waals surface area (Å²) < 4.78 is 5.67. The molecule has 1 aromatic carbocycles. The van der Waals surface area contributed by atoms with Crippen molar-refractivity contribution >= 4 is 12.0 Å². The van der Waals surface area contributed by atoms with Gasteiger partial charge in [0.1, 0.15) is 0 Å². The summed E-state index contributed by atoms with van der Waals surface area (Å²) in [6.07, 6.45) is 0.633. The summed E-state index contributed by atoms with van der Waals surface area (Å²) in [7, 11) is 1.74. The van der Waals surface area contributed by atoms with Gasteiger partial charge in [0.05, 0.1) is 19.3 Å². The van der Waals surface area contributed by atoms with E-state index in [4.69, 9.17) is 9.84 Å². The first-order valence-electron chi connectivity index (χ1n) is 9.37. The van der Waals surface area contributed by atoms with Crippen LogP contribution in [0.4, 0.5) is 4.79 Å². The number of nitrogens with one attached hydrogen (secondary N) is 1. The van der Waals surface area contributed by atoms with Crippen LogP contribution >= 0.6 is 0 Å². The van der Waals surface area contributed by atoms with Gasteiger partial charge in [-0.25, -0.2) is 4.79 Å². The van der Waals surface area contributed by atoms with Crippen LogP contribution in [-0.2, 0) is 16.0 Å². The molecule has 7 nitrogen and oxygen atoms in total. The molecule has 0 aromatic heterocycles. The van der Waals surface area contributed by atoms with Crippen molar-refractivity contribution in [2.45, 2.75) is 33.3 Å². The van der Waals surface area contributed by atoms with E-state index >= 15 is 0 Å². The highest BCUT2D eigenvalue weighted by molar-refractivity contribution is 5.74. The molecule has 1 saturated heterocycles. The van der Waals surface area contributed by atoms with Crippen molar-refractivity contribution in [2.75, 3.05) is 46.4 Å². The van der Waals surface area contributed by atoms with Crippen molar-refractivity contribution in [1.29, 1.82) is 0 Å². The van der Waals surface area contributed by atoms with Crippen LogP contribution in [0.1, 0.15) is 22.3 Å². The Balaban J connectivity index is 1.81. The predicted octanol–water partition coefficient (Wildman–Crippen LogP) is 1.58. The molecule has 1 atom stereocenters. The number of aryl methyl sites for hydroxylation is 3. The molecule has 150 valence electrons. The number of carbonyl (C=O) groups is 2. The highest BCUT2D eigenvalue weighted by atomic mass is 16.5. The largest absolute Gasteiger partial charge is 0.480 e. The monoisotopic (exact) mass is 377 g/mol. The number of carboxylic acid groups (broad SMARTS) is 1. The summed E-state index contributed by atoms with van der Waals surface area (Å²) in [5.74, 6) is -0.871. The van der Waals surface area contributed by atoms with Crippen LogP contribution in [0, 0.1) is 20.8 Å². The zero-order valence-corrected chi connectivity index (χ0v) is 16.7. The molecule has 0 saturated carbocycles. The molecule has 27 heavy (non-hydrogen) atoms. The number of aliphatic carboxylic acids is 1. The highest BCUT2D eigenvalue weighted by Crippen LogP contribution is 2.16. The van der Waals surface area contributed by atoms with Crippen molar-refractivity contribution in [3.05, 3.63) is 34.4 Å². The second kappa shape index (κ2) is 9.71. The summed E-state index contributed by atoms with van der Waals surface area (Å²) in [4.78, 5) is 26.7.